The molecule has 1 heterocycles. The summed E-state index contributed by atoms with van der Waals surface area (Å²) in [6.45, 7) is 10.5. The average Bonchev–Trinajstić information content (AvgIpc) is 2.75. The summed E-state index contributed by atoms with van der Waals surface area (Å²) in [5.74, 6) is 0.251. The van der Waals surface area contributed by atoms with E-state index in [0.717, 1.165) is 18.5 Å². The van der Waals surface area contributed by atoms with Crippen LogP contribution in [0.2, 0.25) is 0 Å². The molecule has 3 nitrogen and oxygen atoms in total. The zero-order chi connectivity index (χ0) is 13.1. The Morgan fingerprint density at radius 1 is 1.35 bits per heavy atom. The molecule has 0 aliphatic rings. The minimum Gasteiger partial charge on any atom is -0.389 e. The molecule has 1 aromatic rings. The van der Waals surface area contributed by atoms with Crippen molar-refractivity contribution in [1.29, 1.82) is 0 Å². The van der Waals surface area contributed by atoms with Gasteiger partial charge >= 0.3 is 0 Å². The van der Waals surface area contributed by atoms with Crippen LogP contribution in [0.4, 0.5) is 0 Å². The zero-order valence-corrected chi connectivity index (χ0v) is 11.8. The molecule has 1 rings (SSSR count). The highest BCUT2D eigenvalue weighted by Crippen LogP contribution is 2.25. The lowest BCUT2D eigenvalue weighted by molar-refractivity contribution is -0.00924. The SMILES string of the molecule is CCC(C)n1ccc(CC(O)(CC)C(C)C)n1. The van der Waals surface area contributed by atoms with Gasteiger partial charge in [0.25, 0.3) is 0 Å². The monoisotopic (exact) mass is 238 g/mol. The number of aromatic nitrogens is 2. The molecule has 0 aliphatic heterocycles. The van der Waals surface area contributed by atoms with Crippen molar-refractivity contribution in [1.82, 2.24) is 9.78 Å². The molecular formula is C14H26N2O. The topological polar surface area (TPSA) is 38.0 Å². The van der Waals surface area contributed by atoms with Gasteiger partial charge in [0, 0.05) is 18.7 Å². The Balaban J connectivity index is 2.78. The van der Waals surface area contributed by atoms with Crippen LogP contribution in [-0.2, 0) is 6.42 Å². The third kappa shape index (κ3) is 3.32. The molecule has 0 aliphatic carbocycles. The first-order chi connectivity index (χ1) is 7.92. The summed E-state index contributed by atoms with van der Waals surface area (Å²) >= 11 is 0. The second-order valence-electron chi connectivity index (χ2n) is 5.33. The molecular weight excluding hydrogens is 212 g/mol. The Kier molecular flexibility index (Phi) is 4.75. The predicted octanol–water partition coefficient (Wildman–Crippen LogP) is 3.19. The van der Waals surface area contributed by atoms with Crippen molar-refractivity contribution < 1.29 is 5.11 Å². The van der Waals surface area contributed by atoms with E-state index in [1.165, 1.54) is 0 Å². The smallest absolute Gasteiger partial charge is 0.0723 e. The van der Waals surface area contributed by atoms with Crippen LogP contribution in [0.15, 0.2) is 12.3 Å². The van der Waals surface area contributed by atoms with Gasteiger partial charge in [-0.15, -0.1) is 0 Å². The molecule has 0 aromatic carbocycles. The maximum absolute atomic E-state index is 10.5. The van der Waals surface area contributed by atoms with E-state index in [1.807, 2.05) is 23.9 Å². The summed E-state index contributed by atoms with van der Waals surface area (Å²) < 4.78 is 1.99. The van der Waals surface area contributed by atoms with Gasteiger partial charge in [-0.25, -0.2) is 0 Å². The number of hydrogen-bond donors (Lipinski definition) is 1. The van der Waals surface area contributed by atoms with E-state index in [0.29, 0.717) is 12.5 Å². The van der Waals surface area contributed by atoms with Gasteiger partial charge in [0.2, 0.25) is 0 Å². The molecule has 1 N–H and O–H groups in total. The van der Waals surface area contributed by atoms with Gasteiger partial charge in [-0.3, -0.25) is 4.68 Å². The van der Waals surface area contributed by atoms with E-state index < -0.39 is 5.60 Å². The van der Waals surface area contributed by atoms with Gasteiger partial charge in [-0.05, 0) is 31.7 Å². The van der Waals surface area contributed by atoms with Crippen molar-refractivity contribution in [2.45, 2.75) is 65.5 Å². The number of rotatable bonds is 6. The van der Waals surface area contributed by atoms with Gasteiger partial charge in [0.1, 0.15) is 0 Å². The lowest BCUT2D eigenvalue weighted by atomic mass is 9.84. The minimum absolute atomic E-state index is 0.251. The highest BCUT2D eigenvalue weighted by atomic mass is 16.3. The molecule has 0 amide bonds. The fourth-order valence-electron chi connectivity index (χ4n) is 1.96. The second kappa shape index (κ2) is 5.67. The minimum atomic E-state index is -0.630. The molecule has 0 fully saturated rings. The molecule has 1 aromatic heterocycles. The Bertz CT molecular complexity index is 346. The quantitative estimate of drug-likeness (QED) is 0.826. The second-order valence-corrected chi connectivity index (χ2v) is 5.33. The summed E-state index contributed by atoms with van der Waals surface area (Å²) in [4.78, 5) is 0. The third-order valence-electron chi connectivity index (χ3n) is 3.88. The van der Waals surface area contributed by atoms with Crippen LogP contribution in [0.3, 0.4) is 0 Å². The van der Waals surface area contributed by atoms with Gasteiger partial charge in [-0.2, -0.15) is 5.10 Å². The van der Waals surface area contributed by atoms with Crippen LogP contribution in [0.25, 0.3) is 0 Å². The Morgan fingerprint density at radius 2 is 2.00 bits per heavy atom. The lowest BCUT2D eigenvalue weighted by Gasteiger charge is -2.30. The van der Waals surface area contributed by atoms with Crippen molar-refractivity contribution in [2.24, 2.45) is 5.92 Å². The molecule has 98 valence electrons. The molecule has 0 spiro atoms. The van der Waals surface area contributed by atoms with E-state index in [4.69, 9.17) is 0 Å². The van der Waals surface area contributed by atoms with Crippen molar-refractivity contribution in [3.63, 3.8) is 0 Å². The largest absolute Gasteiger partial charge is 0.389 e. The zero-order valence-electron chi connectivity index (χ0n) is 11.8. The molecule has 17 heavy (non-hydrogen) atoms. The van der Waals surface area contributed by atoms with Crippen molar-refractivity contribution in [3.05, 3.63) is 18.0 Å². The first-order valence-corrected chi connectivity index (χ1v) is 6.69. The van der Waals surface area contributed by atoms with E-state index in [-0.39, 0.29) is 5.92 Å². The van der Waals surface area contributed by atoms with Crippen LogP contribution in [0.5, 0.6) is 0 Å². The Labute approximate surface area is 105 Å². The summed E-state index contributed by atoms with van der Waals surface area (Å²) in [5, 5.41) is 15.1. The van der Waals surface area contributed by atoms with E-state index in [2.05, 4.69) is 32.8 Å². The fraction of sp³-hybridized carbons (Fsp3) is 0.786. The van der Waals surface area contributed by atoms with Crippen LogP contribution in [0, 0.1) is 5.92 Å². The molecule has 0 bridgehead atoms. The maximum Gasteiger partial charge on any atom is 0.0723 e. The highest BCUT2D eigenvalue weighted by Gasteiger charge is 2.30. The molecule has 0 saturated heterocycles. The molecule has 2 unspecified atom stereocenters. The first kappa shape index (κ1) is 14.2. The first-order valence-electron chi connectivity index (χ1n) is 6.69. The van der Waals surface area contributed by atoms with Gasteiger partial charge in [0.15, 0.2) is 0 Å². The normalized spacial score (nSPS) is 17.1. The average molecular weight is 238 g/mol. The lowest BCUT2D eigenvalue weighted by Crippen LogP contribution is -2.36. The highest BCUT2D eigenvalue weighted by molar-refractivity contribution is 5.05. The van der Waals surface area contributed by atoms with Crippen molar-refractivity contribution in [3.8, 4) is 0 Å². The van der Waals surface area contributed by atoms with E-state index in [9.17, 15) is 5.11 Å². The number of aliphatic hydroxyl groups is 1. The van der Waals surface area contributed by atoms with Crippen LogP contribution in [0.1, 0.15) is 59.2 Å². The molecule has 0 saturated carbocycles. The van der Waals surface area contributed by atoms with Crippen molar-refractivity contribution >= 4 is 0 Å². The standard InChI is InChI=1S/C14H26N2O/c1-6-12(5)16-9-8-13(15-16)10-14(17,7-2)11(3)4/h8-9,11-12,17H,6-7,10H2,1-5H3. The Hall–Kier alpha value is -0.830. The van der Waals surface area contributed by atoms with Gasteiger partial charge in [0.05, 0.1) is 11.3 Å². The van der Waals surface area contributed by atoms with Crippen molar-refractivity contribution in [2.75, 3.05) is 0 Å². The fourth-order valence-corrected chi connectivity index (χ4v) is 1.96. The Morgan fingerprint density at radius 3 is 2.47 bits per heavy atom. The van der Waals surface area contributed by atoms with E-state index in [1.54, 1.807) is 0 Å². The predicted molar refractivity (Wildman–Crippen MR) is 71.0 cm³/mol. The summed E-state index contributed by atoms with van der Waals surface area (Å²) in [5.41, 5.74) is 0.359. The third-order valence-corrected chi connectivity index (χ3v) is 3.88. The van der Waals surface area contributed by atoms with Crippen LogP contribution in [-0.4, -0.2) is 20.5 Å². The van der Waals surface area contributed by atoms with Gasteiger partial charge in [-0.1, -0.05) is 27.7 Å². The summed E-state index contributed by atoms with van der Waals surface area (Å²) in [6, 6.07) is 2.45. The van der Waals surface area contributed by atoms with Gasteiger partial charge < -0.3 is 5.11 Å². The molecule has 2 atom stereocenters. The van der Waals surface area contributed by atoms with Crippen LogP contribution >= 0.6 is 0 Å². The summed E-state index contributed by atoms with van der Waals surface area (Å²) in [6.07, 6.45) is 4.49. The maximum atomic E-state index is 10.5. The van der Waals surface area contributed by atoms with Crippen LogP contribution < -0.4 is 0 Å². The number of nitrogens with zero attached hydrogens (tertiary/aromatic N) is 2. The molecule has 0 radical (unpaired) electrons. The number of hydrogen-bond acceptors (Lipinski definition) is 2. The van der Waals surface area contributed by atoms with E-state index >= 15 is 0 Å². The summed E-state index contributed by atoms with van der Waals surface area (Å²) in [7, 11) is 0. The molecule has 3 heteroatoms.